The molecule has 0 aromatic heterocycles. The number of allylic oxidation sites excluding steroid dienone is 4. The molecule has 0 N–H and O–H groups in total. The van der Waals surface area contributed by atoms with Gasteiger partial charge >= 0.3 is 0 Å². The van der Waals surface area contributed by atoms with Crippen molar-refractivity contribution >= 4 is 13.6 Å². The first-order valence-electron chi connectivity index (χ1n) is 3.76. The molecular weight excluding hydrogens is 148 g/mol. The largest absolute Gasteiger partial charge is 0.115 e. The van der Waals surface area contributed by atoms with E-state index in [4.69, 9.17) is 6.42 Å². The molecule has 0 aliphatic heterocycles. The van der Waals surface area contributed by atoms with Gasteiger partial charge in [0.1, 0.15) is 0 Å². The zero-order chi connectivity index (χ0) is 8.27. The second-order valence-electron chi connectivity index (χ2n) is 2.84. The van der Waals surface area contributed by atoms with Crippen molar-refractivity contribution < 1.29 is 0 Å². The maximum Gasteiger partial charge on any atom is 0.0230 e. The Morgan fingerprint density at radius 2 is 2.27 bits per heavy atom. The maximum atomic E-state index is 5.37. The normalized spacial score (nSPS) is 15.7. The van der Waals surface area contributed by atoms with Crippen LogP contribution in [0.3, 0.4) is 0 Å². The van der Waals surface area contributed by atoms with E-state index in [0.717, 1.165) is 12.0 Å². The first kappa shape index (κ1) is 8.23. The Labute approximate surface area is 69.9 Å². The van der Waals surface area contributed by atoms with E-state index in [2.05, 4.69) is 25.1 Å². The first-order valence-corrected chi connectivity index (χ1v) is 6.26. The Morgan fingerprint density at radius 1 is 1.55 bits per heavy atom. The van der Waals surface area contributed by atoms with Gasteiger partial charge in [-0.15, -0.1) is 6.42 Å². The molecule has 0 fully saturated rings. The van der Waals surface area contributed by atoms with Crippen LogP contribution in [0.2, 0.25) is 13.1 Å². The van der Waals surface area contributed by atoms with Crippen LogP contribution in [0.15, 0.2) is 23.8 Å². The molecule has 1 aliphatic carbocycles. The topological polar surface area (TPSA) is 0 Å². The van der Waals surface area contributed by atoms with Gasteiger partial charge in [0, 0.05) is 14.0 Å². The SMILES string of the molecule is C#CC1=CC=CCC1=[Si](C)C. The summed E-state index contributed by atoms with van der Waals surface area (Å²) in [5.74, 6) is 2.73. The Hall–Kier alpha value is -0.873. The molecule has 0 aromatic carbocycles. The molecule has 0 spiro atoms. The molecule has 0 atom stereocenters. The van der Waals surface area contributed by atoms with Gasteiger partial charge in [-0.2, -0.15) is 0 Å². The summed E-state index contributed by atoms with van der Waals surface area (Å²) < 4.78 is 0. The molecule has 1 rings (SSSR count). The average Bonchev–Trinajstić information content (AvgIpc) is 2.04. The minimum atomic E-state index is -0.341. The van der Waals surface area contributed by atoms with Gasteiger partial charge in [0.05, 0.1) is 0 Å². The highest BCUT2D eigenvalue weighted by Crippen LogP contribution is 2.07. The van der Waals surface area contributed by atoms with Crippen LogP contribution in [-0.2, 0) is 0 Å². The van der Waals surface area contributed by atoms with Gasteiger partial charge < -0.3 is 0 Å². The van der Waals surface area contributed by atoms with Crippen molar-refractivity contribution in [3.8, 4) is 12.3 Å². The van der Waals surface area contributed by atoms with E-state index in [-0.39, 0.29) is 8.41 Å². The zero-order valence-corrected chi connectivity index (χ0v) is 8.02. The second kappa shape index (κ2) is 3.50. The molecule has 56 valence electrons. The third-order valence-corrected chi connectivity index (χ3v) is 3.49. The lowest BCUT2D eigenvalue weighted by molar-refractivity contribution is 1.47. The van der Waals surface area contributed by atoms with Crippen LogP contribution in [0.5, 0.6) is 0 Å². The molecule has 0 heterocycles. The third-order valence-electron chi connectivity index (χ3n) is 1.81. The van der Waals surface area contributed by atoms with Gasteiger partial charge in [0.2, 0.25) is 0 Å². The van der Waals surface area contributed by atoms with Gasteiger partial charge in [-0.25, -0.2) is 0 Å². The molecule has 0 aromatic rings. The Balaban J connectivity index is 3.06. The third kappa shape index (κ3) is 1.78. The van der Waals surface area contributed by atoms with Gasteiger partial charge in [0.25, 0.3) is 0 Å². The van der Waals surface area contributed by atoms with Gasteiger partial charge in [-0.05, 0) is 17.7 Å². The van der Waals surface area contributed by atoms with E-state index in [9.17, 15) is 0 Å². The molecule has 11 heavy (non-hydrogen) atoms. The molecule has 1 aliphatic rings. The van der Waals surface area contributed by atoms with Crippen LogP contribution in [0.4, 0.5) is 0 Å². The summed E-state index contributed by atoms with van der Waals surface area (Å²) in [6.45, 7) is 4.56. The summed E-state index contributed by atoms with van der Waals surface area (Å²) in [5, 5.41) is 1.49. The molecule has 0 amide bonds. The molecule has 1 heteroatoms. The molecule has 0 saturated heterocycles. The lowest BCUT2D eigenvalue weighted by Gasteiger charge is -2.09. The summed E-state index contributed by atoms with van der Waals surface area (Å²) in [5.41, 5.74) is 1.12. The predicted octanol–water partition coefficient (Wildman–Crippen LogP) is 2.01. The number of hydrogen-bond acceptors (Lipinski definition) is 0. The van der Waals surface area contributed by atoms with Crippen molar-refractivity contribution in [2.45, 2.75) is 19.5 Å². The molecule has 0 bridgehead atoms. The fourth-order valence-electron chi connectivity index (χ4n) is 1.17. The summed E-state index contributed by atoms with van der Waals surface area (Å²) in [7, 11) is -0.341. The van der Waals surface area contributed by atoms with Crippen molar-refractivity contribution in [1.29, 1.82) is 0 Å². The fraction of sp³-hybridized carbons (Fsp3) is 0.300. The minimum Gasteiger partial charge on any atom is -0.115 e. The number of hydrogen-bond donors (Lipinski definition) is 0. The molecule has 0 unspecified atom stereocenters. The van der Waals surface area contributed by atoms with E-state index in [0.29, 0.717) is 0 Å². The van der Waals surface area contributed by atoms with Crippen molar-refractivity contribution in [2.75, 3.05) is 0 Å². The second-order valence-corrected chi connectivity index (χ2v) is 5.44. The average molecular weight is 160 g/mol. The first-order chi connectivity index (χ1) is 5.25. The van der Waals surface area contributed by atoms with Crippen molar-refractivity contribution in [3.63, 3.8) is 0 Å². The highest BCUT2D eigenvalue weighted by atomic mass is 28.2. The summed E-state index contributed by atoms with van der Waals surface area (Å²) in [6.07, 6.45) is 12.7. The van der Waals surface area contributed by atoms with Crippen LogP contribution >= 0.6 is 0 Å². The number of rotatable bonds is 0. The van der Waals surface area contributed by atoms with Crippen molar-refractivity contribution in [1.82, 2.24) is 0 Å². The molecular formula is C10H12Si. The predicted molar refractivity (Wildman–Crippen MR) is 53.2 cm³/mol. The fourth-order valence-corrected chi connectivity index (χ4v) is 2.39. The van der Waals surface area contributed by atoms with Crippen LogP contribution in [0.25, 0.3) is 0 Å². The van der Waals surface area contributed by atoms with E-state index < -0.39 is 0 Å². The van der Waals surface area contributed by atoms with Gasteiger partial charge in [-0.3, -0.25) is 0 Å². The zero-order valence-electron chi connectivity index (χ0n) is 7.02. The molecule has 0 radical (unpaired) electrons. The van der Waals surface area contributed by atoms with Crippen LogP contribution in [0.1, 0.15) is 6.42 Å². The Morgan fingerprint density at radius 3 is 2.73 bits per heavy atom. The summed E-state index contributed by atoms with van der Waals surface area (Å²) in [6, 6.07) is 0. The standard InChI is InChI=1S/C10H12Si/c1-4-9-7-5-6-8-10(9)11(2)3/h1,5-7H,8H2,2-3H3. The van der Waals surface area contributed by atoms with E-state index in [1.165, 1.54) is 5.17 Å². The van der Waals surface area contributed by atoms with E-state index in [1.54, 1.807) is 0 Å². The van der Waals surface area contributed by atoms with Crippen LogP contribution in [0, 0.1) is 12.3 Å². The summed E-state index contributed by atoms with van der Waals surface area (Å²) >= 11 is 0. The van der Waals surface area contributed by atoms with Crippen molar-refractivity contribution in [2.24, 2.45) is 0 Å². The minimum absolute atomic E-state index is 0.341. The lowest BCUT2D eigenvalue weighted by atomic mass is 10.1. The van der Waals surface area contributed by atoms with Crippen LogP contribution in [-0.4, -0.2) is 13.6 Å². The molecule has 0 nitrogen and oxygen atoms in total. The van der Waals surface area contributed by atoms with E-state index in [1.807, 2.05) is 12.2 Å². The monoisotopic (exact) mass is 160 g/mol. The molecule has 0 saturated carbocycles. The van der Waals surface area contributed by atoms with Gasteiger partial charge in [0.15, 0.2) is 0 Å². The number of terminal acetylenes is 1. The Kier molecular flexibility index (Phi) is 2.62. The highest BCUT2D eigenvalue weighted by molar-refractivity contribution is 6.72. The Bertz CT molecular complexity index is 280. The summed E-state index contributed by atoms with van der Waals surface area (Å²) in [4.78, 5) is 0. The van der Waals surface area contributed by atoms with Crippen molar-refractivity contribution in [3.05, 3.63) is 23.8 Å². The smallest absolute Gasteiger partial charge is 0.0230 e. The quantitative estimate of drug-likeness (QED) is 0.376. The van der Waals surface area contributed by atoms with Gasteiger partial charge in [-0.1, -0.05) is 31.2 Å². The van der Waals surface area contributed by atoms with E-state index >= 15 is 0 Å². The van der Waals surface area contributed by atoms with Crippen LogP contribution < -0.4 is 0 Å². The lowest BCUT2D eigenvalue weighted by Crippen LogP contribution is -2.12. The maximum absolute atomic E-state index is 5.37. The highest BCUT2D eigenvalue weighted by Gasteiger charge is 2.04.